The SMILES string of the molecule is C=CCOc1ccc(CN(C)C(=S)NCc2ccccc2)cc1. The first kappa shape index (κ1) is 17.0. The topological polar surface area (TPSA) is 24.5 Å². The molecule has 1 N–H and O–H groups in total. The Labute approximate surface area is 143 Å². The predicted molar refractivity (Wildman–Crippen MR) is 99.5 cm³/mol. The first-order chi connectivity index (χ1) is 11.2. The van der Waals surface area contributed by atoms with E-state index in [0.717, 1.165) is 24.0 Å². The summed E-state index contributed by atoms with van der Waals surface area (Å²) in [6, 6.07) is 18.3. The third kappa shape index (κ3) is 5.75. The molecule has 0 aromatic heterocycles. The van der Waals surface area contributed by atoms with Gasteiger partial charge in [-0.15, -0.1) is 0 Å². The minimum Gasteiger partial charge on any atom is -0.490 e. The highest BCUT2D eigenvalue weighted by Gasteiger charge is 2.05. The molecule has 2 rings (SSSR count). The van der Waals surface area contributed by atoms with Crippen molar-refractivity contribution in [3.8, 4) is 5.75 Å². The predicted octanol–water partition coefficient (Wildman–Crippen LogP) is 3.76. The average Bonchev–Trinajstić information content (AvgIpc) is 2.60. The number of hydrogen-bond donors (Lipinski definition) is 1. The van der Waals surface area contributed by atoms with E-state index in [1.807, 2.05) is 42.3 Å². The summed E-state index contributed by atoms with van der Waals surface area (Å²) in [6.07, 6.45) is 1.73. The van der Waals surface area contributed by atoms with Crippen LogP contribution in [-0.2, 0) is 13.1 Å². The molecule has 3 nitrogen and oxygen atoms in total. The summed E-state index contributed by atoms with van der Waals surface area (Å²) in [6.45, 7) is 5.65. The quantitative estimate of drug-likeness (QED) is 0.618. The highest BCUT2D eigenvalue weighted by atomic mass is 32.1. The van der Waals surface area contributed by atoms with Crippen LogP contribution >= 0.6 is 12.2 Å². The molecule has 0 fully saturated rings. The first-order valence-electron chi connectivity index (χ1n) is 7.54. The number of thiocarbonyl (C=S) groups is 1. The Bertz CT molecular complexity index is 626. The minimum absolute atomic E-state index is 0.521. The lowest BCUT2D eigenvalue weighted by atomic mass is 10.2. The van der Waals surface area contributed by atoms with Crippen molar-refractivity contribution in [2.24, 2.45) is 0 Å². The van der Waals surface area contributed by atoms with Crippen LogP contribution in [0.15, 0.2) is 67.3 Å². The van der Waals surface area contributed by atoms with E-state index in [0.29, 0.717) is 6.61 Å². The van der Waals surface area contributed by atoms with E-state index in [-0.39, 0.29) is 0 Å². The second-order valence-electron chi connectivity index (χ2n) is 5.24. The molecule has 2 aromatic carbocycles. The zero-order chi connectivity index (χ0) is 16.5. The van der Waals surface area contributed by atoms with Gasteiger partial charge < -0.3 is 15.0 Å². The van der Waals surface area contributed by atoms with Crippen LogP contribution in [0.25, 0.3) is 0 Å². The summed E-state index contributed by atoms with van der Waals surface area (Å²) < 4.78 is 5.48. The Kier molecular flexibility index (Phi) is 6.63. The molecule has 0 aliphatic carbocycles. The Morgan fingerprint density at radius 2 is 1.83 bits per heavy atom. The van der Waals surface area contributed by atoms with Crippen molar-refractivity contribution in [1.82, 2.24) is 10.2 Å². The summed E-state index contributed by atoms with van der Waals surface area (Å²) in [7, 11) is 1.99. The van der Waals surface area contributed by atoms with Gasteiger partial charge >= 0.3 is 0 Å². The highest BCUT2D eigenvalue weighted by Crippen LogP contribution is 2.13. The molecule has 2 aromatic rings. The molecule has 23 heavy (non-hydrogen) atoms. The van der Waals surface area contributed by atoms with Gasteiger partial charge in [-0.1, -0.05) is 55.1 Å². The summed E-state index contributed by atoms with van der Waals surface area (Å²) in [5.41, 5.74) is 2.40. The van der Waals surface area contributed by atoms with Crippen LogP contribution in [0, 0.1) is 0 Å². The van der Waals surface area contributed by atoms with Gasteiger partial charge in [-0.3, -0.25) is 0 Å². The zero-order valence-electron chi connectivity index (χ0n) is 13.4. The third-order valence-electron chi connectivity index (χ3n) is 3.34. The first-order valence-corrected chi connectivity index (χ1v) is 7.95. The number of benzene rings is 2. The molecule has 4 heteroatoms. The summed E-state index contributed by atoms with van der Waals surface area (Å²) in [5.74, 6) is 0.848. The largest absolute Gasteiger partial charge is 0.490 e. The molecule has 0 atom stereocenters. The van der Waals surface area contributed by atoms with E-state index in [1.165, 1.54) is 11.1 Å². The van der Waals surface area contributed by atoms with Crippen LogP contribution in [0.2, 0.25) is 0 Å². The molecule has 0 spiro atoms. The summed E-state index contributed by atoms with van der Waals surface area (Å²) in [5, 5.41) is 4.02. The third-order valence-corrected chi connectivity index (χ3v) is 3.80. The maximum Gasteiger partial charge on any atom is 0.169 e. The van der Waals surface area contributed by atoms with E-state index < -0.39 is 0 Å². The maximum absolute atomic E-state index is 5.48. The summed E-state index contributed by atoms with van der Waals surface area (Å²) >= 11 is 5.44. The second kappa shape index (κ2) is 8.96. The van der Waals surface area contributed by atoms with Gasteiger partial charge in [-0.25, -0.2) is 0 Å². The highest BCUT2D eigenvalue weighted by molar-refractivity contribution is 7.80. The molecule has 0 heterocycles. The molecular formula is C19H22N2OS. The van der Waals surface area contributed by atoms with Gasteiger partial charge in [0, 0.05) is 20.1 Å². The van der Waals surface area contributed by atoms with Crippen molar-refractivity contribution in [3.05, 3.63) is 78.4 Å². The van der Waals surface area contributed by atoms with Crippen LogP contribution in [0.3, 0.4) is 0 Å². The van der Waals surface area contributed by atoms with E-state index in [4.69, 9.17) is 17.0 Å². The van der Waals surface area contributed by atoms with Crippen LogP contribution in [-0.4, -0.2) is 23.7 Å². The Balaban J connectivity index is 1.82. The van der Waals surface area contributed by atoms with Gasteiger partial charge in [0.25, 0.3) is 0 Å². The molecular weight excluding hydrogens is 304 g/mol. The molecule has 0 amide bonds. The number of ether oxygens (including phenoxy) is 1. The van der Waals surface area contributed by atoms with Crippen LogP contribution in [0.1, 0.15) is 11.1 Å². The van der Waals surface area contributed by atoms with E-state index in [9.17, 15) is 0 Å². The van der Waals surface area contributed by atoms with E-state index in [1.54, 1.807) is 6.08 Å². The molecule has 0 radical (unpaired) electrons. The van der Waals surface area contributed by atoms with Crippen molar-refractivity contribution >= 4 is 17.3 Å². The molecule has 0 aliphatic heterocycles. The van der Waals surface area contributed by atoms with Gasteiger partial charge in [-0.05, 0) is 35.5 Å². The zero-order valence-corrected chi connectivity index (χ0v) is 14.2. The number of nitrogens with one attached hydrogen (secondary N) is 1. The van der Waals surface area contributed by atoms with Crippen molar-refractivity contribution in [1.29, 1.82) is 0 Å². The standard InChI is InChI=1S/C19H22N2OS/c1-3-13-22-18-11-9-17(10-12-18)15-21(2)19(23)20-14-16-7-5-4-6-8-16/h3-12H,1,13-15H2,2H3,(H,20,23). The van der Waals surface area contributed by atoms with Crippen molar-refractivity contribution < 1.29 is 4.74 Å². The Morgan fingerprint density at radius 3 is 2.48 bits per heavy atom. The Morgan fingerprint density at radius 1 is 1.13 bits per heavy atom. The van der Waals surface area contributed by atoms with Gasteiger partial charge in [-0.2, -0.15) is 0 Å². The smallest absolute Gasteiger partial charge is 0.169 e. The monoisotopic (exact) mass is 326 g/mol. The summed E-state index contributed by atoms with van der Waals surface area (Å²) in [4.78, 5) is 2.03. The molecule has 120 valence electrons. The van der Waals surface area contributed by atoms with Gasteiger partial charge in [0.15, 0.2) is 5.11 Å². The molecule has 0 saturated heterocycles. The maximum atomic E-state index is 5.48. The fraction of sp³-hybridized carbons (Fsp3) is 0.211. The Hall–Kier alpha value is -2.33. The van der Waals surface area contributed by atoms with Crippen LogP contribution in [0.5, 0.6) is 5.75 Å². The fourth-order valence-corrected chi connectivity index (χ4v) is 2.24. The fourth-order valence-electron chi connectivity index (χ4n) is 2.10. The molecule has 0 aliphatic rings. The molecule has 0 unspecified atom stereocenters. The lowest BCUT2D eigenvalue weighted by molar-refractivity contribution is 0.363. The number of hydrogen-bond acceptors (Lipinski definition) is 2. The van der Waals surface area contributed by atoms with Crippen molar-refractivity contribution in [2.75, 3.05) is 13.7 Å². The van der Waals surface area contributed by atoms with Crippen LogP contribution < -0.4 is 10.1 Å². The lowest BCUT2D eigenvalue weighted by Gasteiger charge is -2.21. The normalized spacial score (nSPS) is 9.96. The van der Waals surface area contributed by atoms with E-state index in [2.05, 4.69) is 36.2 Å². The lowest BCUT2D eigenvalue weighted by Crippen LogP contribution is -2.36. The average molecular weight is 326 g/mol. The molecule has 0 bridgehead atoms. The van der Waals surface area contributed by atoms with Gasteiger partial charge in [0.05, 0.1) is 0 Å². The van der Waals surface area contributed by atoms with Gasteiger partial charge in [0.1, 0.15) is 12.4 Å². The number of rotatable bonds is 7. The minimum atomic E-state index is 0.521. The van der Waals surface area contributed by atoms with Gasteiger partial charge in [0.2, 0.25) is 0 Å². The van der Waals surface area contributed by atoms with Crippen LogP contribution in [0.4, 0.5) is 0 Å². The van der Waals surface area contributed by atoms with E-state index >= 15 is 0 Å². The number of nitrogens with zero attached hydrogens (tertiary/aromatic N) is 1. The second-order valence-corrected chi connectivity index (χ2v) is 5.63. The van der Waals surface area contributed by atoms with Crippen molar-refractivity contribution in [3.63, 3.8) is 0 Å². The van der Waals surface area contributed by atoms with Crippen molar-refractivity contribution in [2.45, 2.75) is 13.1 Å². The molecule has 0 saturated carbocycles.